The first kappa shape index (κ1) is 43.5. The van der Waals surface area contributed by atoms with E-state index in [1.165, 1.54) is 19.1 Å². The number of rotatable bonds is 10. The minimum absolute atomic E-state index is 0.160. The predicted octanol–water partition coefficient (Wildman–Crippen LogP) is -4.13. The van der Waals surface area contributed by atoms with Crippen molar-refractivity contribution in [2.45, 2.75) is 43.6 Å². The minimum atomic E-state index is -1.18. The summed E-state index contributed by atoms with van der Waals surface area (Å²) in [6.45, 7) is 0.550. The van der Waals surface area contributed by atoms with Crippen LogP contribution in [0.15, 0.2) is 24.3 Å². The van der Waals surface area contributed by atoms with Crippen molar-refractivity contribution < 1.29 is 64.8 Å². The third kappa shape index (κ3) is 29.0. The van der Waals surface area contributed by atoms with Crippen molar-refractivity contribution >= 4 is 42.5 Å². The molecule has 0 aliphatic carbocycles. The van der Waals surface area contributed by atoms with E-state index in [2.05, 4.69) is 18.4 Å². The van der Waals surface area contributed by atoms with E-state index in [1.807, 2.05) is 0 Å². The molecule has 0 amide bonds. The highest BCUT2D eigenvalue weighted by Gasteiger charge is 2.16. The first-order chi connectivity index (χ1) is 18.3. The van der Waals surface area contributed by atoms with Crippen LogP contribution < -0.4 is 28.7 Å². The van der Waals surface area contributed by atoms with Gasteiger partial charge in [0.05, 0.1) is 19.3 Å². The Morgan fingerprint density at radius 3 is 1.30 bits per heavy atom. The molecule has 1 aromatic carbocycles. The van der Waals surface area contributed by atoms with Gasteiger partial charge in [0.1, 0.15) is 29.9 Å². The monoisotopic (exact) mass is 601 g/mol. The van der Waals surface area contributed by atoms with Crippen molar-refractivity contribution in [3.63, 3.8) is 0 Å². The average molecular weight is 602 g/mol. The van der Waals surface area contributed by atoms with Crippen LogP contribution in [-0.4, -0.2) is 120 Å². The number of hydrogen-bond acceptors (Lipinski definition) is 14. The number of benzene rings is 1. The summed E-state index contributed by atoms with van der Waals surface area (Å²) in [4.78, 5) is 48.9. The van der Waals surface area contributed by atoms with Gasteiger partial charge in [0.25, 0.3) is 0 Å². The molecule has 0 bridgehead atoms. The zero-order valence-corrected chi connectivity index (χ0v) is 22.4. The van der Waals surface area contributed by atoms with Crippen LogP contribution in [0, 0.1) is 0 Å². The van der Waals surface area contributed by atoms with Crippen LogP contribution in [0.4, 0.5) is 0 Å². The Labute approximate surface area is 234 Å². The third-order valence-corrected chi connectivity index (χ3v) is 4.11. The van der Waals surface area contributed by atoms with Gasteiger partial charge >= 0.3 is 29.8 Å². The van der Waals surface area contributed by atoms with Crippen molar-refractivity contribution in [1.29, 1.82) is 0 Å². The van der Waals surface area contributed by atoms with Gasteiger partial charge in [-0.15, -0.1) is 0 Å². The summed E-state index contributed by atoms with van der Waals surface area (Å²) in [5, 5.41) is 65.5. The molecular formula is C21H39N5O13S. The van der Waals surface area contributed by atoms with Crippen LogP contribution in [-0.2, 0) is 30.4 Å². The molecule has 0 heterocycles. The number of nitrogens with two attached hydrogens (primary N) is 5. The number of aromatic hydroxyl groups is 1. The molecule has 18 nitrogen and oxygen atoms in total. The van der Waals surface area contributed by atoms with Gasteiger partial charge in [0.15, 0.2) is 0 Å². The molecular weight excluding hydrogens is 562 g/mol. The molecule has 232 valence electrons. The van der Waals surface area contributed by atoms with Crippen LogP contribution >= 0.6 is 12.6 Å². The van der Waals surface area contributed by atoms with E-state index < -0.39 is 66.7 Å². The number of aliphatic hydroxyl groups excluding tert-OH is 2. The van der Waals surface area contributed by atoms with Gasteiger partial charge in [-0.1, -0.05) is 12.1 Å². The second kappa shape index (κ2) is 25.7. The Bertz CT molecular complexity index is 855. The number of hydrogen-bond donors (Lipinski definition) is 14. The summed E-state index contributed by atoms with van der Waals surface area (Å²) < 4.78 is 0. The normalized spacial score (nSPS) is 13.1. The van der Waals surface area contributed by atoms with Gasteiger partial charge in [-0.25, -0.2) is 0 Å². The van der Waals surface area contributed by atoms with Gasteiger partial charge < -0.3 is 69.5 Å². The molecule has 0 saturated heterocycles. The summed E-state index contributed by atoms with van der Waals surface area (Å²) in [5.74, 6) is -5.00. The molecule has 5 atom stereocenters. The summed E-state index contributed by atoms with van der Waals surface area (Å²) in [6.07, 6.45) is -0.706. The summed E-state index contributed by atoms with van der Waals surface area (Å²) >= 11 is 3.65. The number of carboxylic acids is 5. The Hall–Kier alpha value is -3.56. The third-order valence-electron chi connectivity index (χ3n) is 3.72. The van der Waals surface area contributed by atoms with Crippen LogP contribution in [0.2, 0.25) is 0 Å². The number of aliphatic carboxylic acids is 5. The lowest BCUT2D eigenvalue weighted by atomic mass is 10.1. The van der Waals surface area contributed by atoms with Gasteiger partial charge in [0, 0.05) is 5.75 Å². The molecule has 0 aliphatic rings. The van der Waals surface area contributed by atoms with E-state index in [-0.39, 0.29) is 24.5 Å². The smallest absolute Gasteiger partial charge is 0.323 e. The molecule has 0 aromatic heterocycles. The quantitative estimate of drug-likeness (QED) is 0.113. The number of aliphatic hydroxyl groups is 2. The van der Waals surface area contributed by atoms with Crippen LogP contribution in [0.25, 0.3) is 0 Å². The molecule has 40 heavy (non-hydrogen) atoms. The van der Waals surface area contributed by atoms with Crippen molar-refractivity contribution in [1.82, 2.24) is 0 Å². The summed E-state index contributed by atoms with van der Waals surface area (Å²) in [5.41, 5.74) is 25.3. The molecule has 0 spiro atoms. The highest BCUT2D eigenvalue weighted by Crippen LogP contribution is 2.10. The fourth-order valence-electron chi connectivity index (χ4n) is 1.34. The lowest BCUT2D eigenvalue weighted by molar-refractivity contribution is -0.141. The Balaban J connectivity index is -0.000000212. The van der Waals surface area contributed by atoms with E-state index in [0.717, 1.165) is 5.56 Å². The first-order valence-corrected chi connectivity index (χ1v) is 11.4. The zero-order chi connectivity index (χ0) is 32.6. The molecule has 0 saturated carbocycles. The zero-order valence-electron chi connectivity index (χ0n) is 21.5. The summed E-state index contributed by atoms with van der Waals surface area (Å²) in [6, 6.07) is 2.33. The minimum Gasteiger partial charge on any atom is -0.508 e. The standard InChI is InChI=1S/C9H11NO3.C4H9NO3.C3H7NO3.C3H7NO2S.C2H5NO2/c10-8(9(12)13)5-6-1-3-7(11)4-2-6;1-2(6)3(5)4(7)8;4-2(1-5)3(6)7;4-2(1-7)3(5)6;3-1-2(4)5/h1-4,8,11H,5,10H2,(H,12,13);2-3,6H,5H2,1H3,(H,7,8);2,5H,1,4H2,(H,6,7);2,7H,1,4H2,(H,5,6);1,3H2,(H,4,5). The average Bonchev–Trinajstić information content (AvgIpc) is 2.89. The van der Waals surface area contributed by atoms with Crippen molar-refractivity contribution in [2.75, 3.05) is 18.9 Å². The maximum absolute atomic E-state index is 10.4. The first-order valence-electron chi connectivity index (χ1n) is 10.8. The molecule has 18 N–H and O–H groups in total. The van der Waals surface area contributed by atoms with Crippen LogP contribution in [0.3, 0.4) is 0 Å². The molecule has 1 rings (SSSR count). The SMILES string of the molecule is CC(O)C(N)C(=O)O.NC(CO)C(=O)O.NC(CS)C(=O)O.NC(Cc1ccc(O)cc1)C(=O)O.NCC(=O)O. The van der Waals surface area contributed by atoms with E-state index in [9.17, 15) is 24.0 Å². The van der Waals surface area contributed by atoms with Crippen molar-refractivity contribution in [3.8, 4) is 5.75 Å². The van der Waals surface area contributed by atoms with Gasteiger partial charge in [-0.05, 0) is 31.0 Å². The van der Waals surface area contributed by atoms with Crippen LogP contribution in [0.1, 0.15) is 12.5 Å². The van der Waals surface area contributed by atoms with Gasteiger partial charge in [0.2, 0.25) is 0 Å². The maximum Gasteiger partial charge on any atom is 0.323 e. The topological polar surface area (TPSA) is 377 Å². The number of carboxylic acid groups (broad SMARTS) is 5. The lowest BCUT2D eigenvalue weighted by Gasteiger charge is -2.06. The Morgan fingerprint density at radius 2 is 1.15 bits per heavy atom. The largest absolute Gasteiger partial charge is 0.508 e. The Kier molecular flexibility index (Phi) is 27.9. The number of carbonyl (C=O) groups is 5. The fourth-order valence-corrected chi connectivity index (χ4v) is 1.49. The van der Waals surface area contributed by atoms with Gasteiger partial charge in [-0.2, -0.15) is 12.6 Å². The number of phenols is 1. The van der Waals surface area contributed by atoms with E-state index in [1.54, 1.807) is 12.1 Å². The summed E-state index contributed by atoms with van der Waals surface area (Å²) in [7, 11) is 0. The lowest BCUT2D eigenvalue weighted by Crippen LogP contribution is -2.39. The Morgan fingerprint density at radius 1 is 0.775 bits per heavy atom. The van der Waals surface area contributed by atoms with Crippen molar-refractivity contribution in [2.24, 2.45) is 28.7 Å². The highest BCUT2D eigenvalue weighted by molar-refractivity contribution is 7.80. The molecule has 0 aliphatic heterocycles. The molecule has 5 unspecified atom stereocenters. The van der Waals surface area contributed by atoms with Gasteiger partial charge in [-0.3, -0.25) is 24.0 Å². The molecule has 19 heteroatoms. The molecule has 0 radical (unpaired) electrons. The van der Waals surface area contributed by atoms with Crippen LogP contribution in [0.5, 0.6) is 5.75 Å². The second-order valence-corrected chi connectivity index (χ2v) is 7.64. The number of thiol groups is 1. The maximum atomic E-state index is 10.4. The second-order valence-electron chi connectivity index (χ2n) is 7.27. The van der Waals surface area contributed by atoms with Crippen molar-refractivity contribution in [3.05, 3.63) is 29.8 Å². The number of phenolic OH excluding ortho intramolecular Hbond substituents is 1. The van der Waals surface area contributed by atoms with E-state index >= 15 is 0 Å². The molecule has 1 aromatic rings. The fraction of sp³-hybridized carbons (Fsp3) is 0.476. The highest BCUT2D eigenvalue weighted by atomic mass is 32.1. The molecule has 0 fully saturated rings. The predicted molar refractivity (Wildman–Crippen MR) is 144 cm³/mol. The van der Waals surface area contributed by atoms with E-state index in [0.29, 0.717) is 0 Å². The van der Waals surface area contributed by atoms with E-state index in [4.69, 9.17) is 63.8 Å².